The summed E-state index contributed by atoms with van der Waals surface area (Å²) in [4.78, 5) is 16.8. The van der Waals surface area contributed by atoms with Crippen molar-refractivity contribution >= 4 is 11.8 Å². The van der Waals surface area contributed by atoms with Crippen LogP contribution in [-0.2, 0) is 4.84 Å². The largest absolute Gasteiger partial charge is 0.539 e. The van der Waals surface area contributed by atoms with Crippen LogP contribution in [0.5, 0.6) is 5.75 Å². The molecule has 0 N–H and O–H groups in total. The van der Waals surface area contributed by atoms with Crippen molar-refractivity contribution in [3.8, 4) is 5.75 Å². The topological polar surface area (TPSA) is 38.8 Å². The van der Waals surface area contributed by atoms with Gasteiger partial charge in [-0.25, -0.2) is 9.86 Å². The maximum absolute atomic E-state index is 11.7. The van der Waals surface area contributed by atoms with Crippen LogP contribution in [0, 0.1) is 0 Å². The van der Waals surface area contributed by atoms with Crippen LogP contribution >= 0.6 is 0 Å². The maximum Gasteiger partial charge on any atom is 0.539 e. The zero-order valence-corrected chi connectivity index (χ0v) is 10.7. The van der Waals surface area contributed by atoms with Crippen molar-refractivity contribution < 1.29 is 14.4 Å². The monoisotopic (exact) mass is 257 g/mol. The zero-order valence-electron chi connectivity index (χ0n) is 10.7. The first-order chi connectivity index (χ1) is 9.29. The molecule has 0 fully saturated rings. The van der Waals surface area contributed by atoms with E-state index < -0.39 is 6.16 Å². The van der Waals surface area contributed by atoms with E-state index in [4.69, 9.17) is 9.57 Å². The minimum Gasteiger partial charge on any atom is -0.393 e. The molecule has 2 rings (SSSR count). The first-order valence-corrected chi connectivity index (χ1v) is 6.07. The van der Waals surface area contributed by atoms with Crippen LogP contribution in [0.2, 0.25) is 0 Å². The molecule has 0 saturated carbocycles. The number of benzene rings is 2. The fraction of sp³-hybridized carbons (Fsp3) is 0.133. The van der Waals surface area contributed by atoms with Gasteiger partial charge >= 0.3 is 6.16 Å². The van der Waals surface area contributed by atoms with Crippen molar-refractivity contribution in [2.45, 2.75) is 6.92 Å². The Morgan fingerprint density at radius 3 is 2.16 bits per heavy atom. The van der Waals surface area contributed by atoms with Gasteiger partial charge in [0.15, 0.2) is 0 Å². The first-order valence-electron chi connectivity index (χ1n) is 6.07. The average Bonchev–Trinajstić information content (AvgIpc) is 2.47. The van der Waals surface area contributed by atoms with Gasteiger partial charge < -0.3 is 9.57 Å². The Labute approximate surface area is 112 Å². The third kappa shape index (κ3) is 3.74. The molecule has 4 heteroatoms. The minimum atomic E-state index is -0.753. The van der Waals surface area contributed by atoms with Gasteiger partial charge in [-0.3, -0.25) is 0 Å². The molecule has 2 aromatic carbocycles. The predicted octanol–water partition coefficient (Wildman–Crippen LogP) is 3.64. The number of para-hydroxylation sites is 2. The van der Waals surface area contributed by atoms with Crippen LogP contribution in [0.4, 0.5) is 10.5 Å². The summed E-state index contributed by atoms with van der Waals surface area (Å²) in [5.41, 5.74) is 0.801. The highest BCUT2D eigenvalue weighted by atomic mass is 16.8. The molecular weight excluding hydrogens is 242 g/mol. The second kappa shape index (κ2) is 6.44. The van der Waals surface area contributed by atoms with E-state index in [-0.39, 0.29) is 0 Å². The number of carbonyl (C=O) groups is 1. The van der Waals surface area contributed by atoms with Gasteiger partial charge in [0, 0.05) is 0 Å². The molecule has 0 bridgehead atoms. The summed E-state index contributed by atoms with van der Waals surface area (Å²) in [6, 6.07) is 18.2. The number of hydrogen-bond donors (Lipinski definition) is 0. The Morgan fingerprint density at radius 1 is 1.00 bits per heavy atom. The molecule has 0 radical (unpaired) electrons. The Balaban J connectivity index is 1.97. The quantitative estimate of drug-likeness (QED) is 0.476. The van der Waals surface area contributed by atoms with Crippen LogP contribution in [0.25, 0.3) is 0 Å². The minimum absolute atomic E-state index is 0.455. The van der Waals surface area contributed by atoms with Gasteiger partial charge in [0.2, 0.25) is 0 Å². The highest BCUT2D eigenvalue weighted by Gasteiger charge is 2.12. The molecule has 0 atom stereocenters. The van der Waals surface area contributed by atoms with Crippen LogP contribution in [0.15, 0.2) is 60.7 Å². The summed E-state index contributed by atoms with van der Waals surface area (Å²) < 4.78 is 5.07. The van der Waals surface area contributed by atoms with Crippen LogP contribution < -0.4 is 9.80 Å². The van der Waals surface area contributed by atoms with E-state index in [2.05, 4.69) is 0 Å². The average molecular weight is 257 g/mol. The van der Waals surface area contributed by atoms with Crippen molar-refractivity contribution in [1.29, 1.82) is 0 Å². The molecule has 0 heterocycles. The fourth-order valence-electron chi connectivity index (χ4n) is 1.59. The van der Waals surface area contributed by atoms with E-state index in [0.29, 0.717) is 12.3 Å². The Bertz CT molecular complexity index is 513. The standard InChI is InChI=1S/C15H15NO3/c1-2-16(13-9-5-3-6-10-13)19-15(17)18-14-11-7-4-8-12-14/h3-12H,2H2,1H3. The first kappa shape index (κ1) is 13.0. The summed E-state index contributed by atoms with van der Waals surface area (Å²) >= 11 is 0. The lowest BCUT2D eigenvalue weighted by Crippen LogP contribution is -2.28. The van der Waals surface area contributed by atoms with E-state index in [0.717, 1.165) is 5.69 Å². The van der Waals surface area contributed by atoms with Gasteiger partial charge in [-0.15, -0.1) is 0 Å². The fourth-order valence-corrected chi connectivity index (χ4v) is 1.59. The lowest BCUT2D eigenvalue weighted by Gasteiger charge is -2.20. The van der Waals surface area contributed by atoms with E-state index in [1.165, 1.54) is 5.06 Å². The van der Waals surface area contributed by atoms with Gasteiger partial charge in [0.25, 0.3) is 0 Å². The number of ether oxygens (including phenoxy) is 1. The molecule has 0 unspecified atom stereocenters. The number of hydroxylamine groups is 1. The van der Waals surface area contributed by atoms with Gasteiger partial charge in [-0.05, 0) is 31.2 Å². The normalized spacial score (nSPS) is 9.74. The summed E-state index contributed by atoms with van der Waals surface area (Å²) in [5, 5.41) is 1.48. The molecule has 98 valence electrons. The molecule has 19 heavy (non-hydrogen) atoms. The van der Waals surface area contributed by atoms with E-state index in [1.807, 2.05) is 43.3 Å². The molecule has 0 aliphatic heterocycles. The number of hydrogen-bond acceptors (Lipinski definition) is 4. The van der Waals surface area contributed by atoms with Crippen LogP contribution in [-0.4, -0.2) is 12.7 Å². The highest BCUT2D eigenvalue weighted by molar-refractivity contribution is 5.65. The van der Waals surface area contributed by atoms with E-state index in [1.54, 1.807) is 24.3 Å². The molecule has 0 spiro atoms. The third-order valence-corrected chi connectivity index (χ3v) is 2.46. The van der Waals surface area contributed by atoms with Gasteiger partial charge in [0.05, 0.1) is 12.2 Å². The van der Waals surface area contributed by atoms with Crippen LogP contribution in [0.3, 0.4) is 0 Å². The Morgan fingerprint density at radius 2 is 1.58 bits per heavy atom. The van der Waals surface area contributed by atoms with E-state index >= 15 is 0 Å². The molecule has 2 aromatic rings. The third-order valence-electron chi connectivity index (χ3n) is 2.46. The maximum atomic E-state index is 11.7. The van der Waals surface area contributed by atoms with Crippen molar-refractivity contribution in [2.75, 3.05) is 11.6 Å². The molecule has 0 aliphatic carbocycles. The summed E-state index contributed by atoms with van der Waals surface area (Å²) in [5.74, 6) is 0.455. The molecule has 0 amide bonds. The summed E-state index contributed by atoms with van der Waals surface area (Å²) in [7, 11) is 0. The van der Waals surface area contributed by atoms with Gasteiger partial charge in [-0.2, -0.15) is 0 Å². The van der Waals surface area contributed by atoms with Crippen molar-refractivity contribution in [1.82, 2.24) is 0 Å². The van der Waals surface area contributed by atoms with Crippen molar-refractivity contribution in [2.24, 2.45) is 0 Å². The zero-order chi connectivity index (χ0) is 13.5. The molecular formula is C15H15NO3. The number of nitrogens with zero attached hydrogens (tertiary/aromatic N) is 1. The number of anilines is 1. The van der Waals surface area contributed by atoms with Crippen molar-refractivity contribution in [3.63, 3.8) is 0 Å². The summed E-state index contributed by atoms with van der Waals surface area (Å²) in [6.07, 6.45) is -0.753. The lowest BCUT2D eigenvalue weighted by molar-refractivity contribution is 0.0886. The highest BCUT2D eigenvalue weighted by Crippen LogP contribution is 2.15. The Hall–Kier alpha value is -2.49. The number of rotatable bonds is 4. The smallest absolute Gasteiger partial charge is 0.393 e. The summed E-state index contributed by atoms with van der Waals surface area (Å²) in [6.45, 7) is 2.43. The van der Waals surface area contributed by atoms with Crippen molar-refractivity contribution in [3.05, 3.63) is 60.7 Å². The second-order valence-electron chi connectivity index (χ2n) is 3.79. The second-order valence-corrected chi connectivity index (χ2v) is 3.79. The van der Waals surface area contributed by atoms with E-state index in [9.17, 15) is 4.79 Å². The Kier molecular flexibility index (Phi) is 4.39. The molecule has 0 aromatic heterocycles. The lowest BCUT2D eigenvalue weighted by atomic mass is 10.3. The van der Waals surface area contributed by atoms with Crippen LogP contribution in [0.1, 0.15) is 6.92 Å². The molecule has 0 saturated heterocycles. The molecule has 0 aliphatic rings. The number of carbonyl (C=O) groups excluding carboxylic acids is 1. The SMILES string of the molecule is CCN(OC(=O)Oc1ccccc1)c1ccccc1. The van der Waals surface area contributed by atoms with Gasteiger partial charge in [-0.1, -0.05) is 36.4 Å². The predicted molar refractivity (Wildman–Crippen MR) is 73.0 cm³/mol. The molecule has 4 nitrogen and oxygen atoms in total. The van der Waals surface area contributed by atoms with Gasteiger partial charge in [0.1, 0.15) is 5.75 Å².